The average molecular weight is 212 g/mol. The van der Waals surface area contributed by atoms with Gasteiger partial charge in [-0.1, -0.05) is 0 Å². The number of hydrogen-bond acceptors (Lipinski definition) is 8. The topological polar surface area (TPSA) is 146 Å². The van der Waals surface area contributed by atoms with E-state index < -0.39 is 37.0 Å². The van der Waals surface area contributed by atoms with E-state index >= 15 is 0 Å². The molecule has 0 aromatic carbocycles. The SMILES string of the molecule is OC[C@@H](O)[C@@H](O)[C@@H](O)[C@@H](O)C1(O)OO1. The third kappa shape index (κ3) is 2.19. The molecule has 14 heavy (non-hydrogen) atoms. The van der Waals surface area contributed by atoms with Crippen LogP contribution in [0.1, 0.15) is 0 Å². The Balaban J connectivity index is 2.51. The molecule has 1 aliphatic rings. The molecule has 1 saturated heterocycles. The molecule has 0 aliphatic carbocycles. The summed E-state index contributed by atoms with van der Waals surface area (Å²) in [5, 5.41) is 53.7. The number of hydrogen-bond donors (Lipinski definition) is 6. The van der Waals surface area contributed by atoms with Gasteiger partial charge in [-0.2, -0.15) is 9.78 Å². The molecular weight excluding hydrogens is 200 g/mol. The van der Waals surface area contributed by atoms with Crippen molar-refractivity contribution in [2.75, 3.05) is 6.61 Å². The molecule has 0 radical (unpaired) electrons. The van der Waals surface area contributed by atoms with Crippen LogP contribution in [-0.4, -0.2) is 67.6 Å². The Kier molecular flexibility index (Phi) is 3.40. The van der Waals surface area contributed by atoms with E-state index in [1.807, 2.05) is 0 Å². The Morgan fingerprint density at radius 2 is 1.50 bits per heavy atom. The van der Waals surface area contributed by atoms with Crippen LogP contribution >= 0.6 is 0 Å². The lowest BCUT2D eigenvalue weighted by atomic mass is 10.0. The van der Waals surface area contributed by atoms with Gasteiger partial charge in [0.05, 0.1) is 6.61 Å². The molecule has 8 heteroatoms. The van der Waals surface area contributed by atoms with E-state index in [4.69, 9.17) is 25.5 Å². The Bertz CT molecular complexity index is 192. The minimum Gasteiger partial charge on any atom is -0.394 e. The van der Waals surface area contributed by atoms with Gasteiger partial charge in [-0.15, -0.1) is 0 Å². The summed E-state index contributed by atoms with van der Waals surface area (Å²) in [4.78, 5) is 7.87. The maximum absolute atomic E-state index is 9.17. The van der Waals surface area contributed by atoms with Crippen LogP contribution in [0.2, 0.25) is 0 Å². The highest BCUT2D eigenvalue weighted by atomic mass is 17.4. The van der Waals surface area contributed by atoms with Crippen molar-refractivity contribution in [2.24, 2.45) is 0 Å². The highest BCUT2D eigenvalue weighted by Crippen LogP contribution is 2.32. The molecule has 0 amide bonds. The summed E-state index contributed by atoms with van der Waals surface area (Å²) < 4.78 is 0. The van der Waals surface area contributed by atoms with Crippen molar-refractivity contribution in [3.63, 3.8) is 0 Å². The van der Waals surface area contributed by atoms with E-state index in [9.17, 15) is 5.11 Å². The number of rotatable bonds is 5. The minimum atomic E-state index is -2.35. The van der Waals surface area contributed by atoms with Crippen LogP contribution in [0.3, 0.4) is 0 Å². The molecule has 0 saturated carbocycles. The Hall–Kier alpha value is -0.320. The molecule has 1 fully saturated rings. The second kappa shape index (κ2) is 4.04. The minimum absolute atomic E-state index is 0.801. The van der Waals surface area contributed by atoms with Gasteiger partial charge < -0.3 is 30.6 Å². The summed E-state index contributed by atoms with van der Waals surface area (Å²) >= 11 is 0. The van der Waals surface area contributed by atoms with E-state index in [2.05, 4.69) is 9.78 Å². The standard InChI is InChI=1S/C6H12O8/c7-1-2(8)3(9)4(10)5(11)6(12)13-14-6/h2-5,7-12H,1H2/t2-,3-,4-,5-/m1/s1. The first kappa shape index (κ1) is 11.8. The van der Waals surface area contributed by atoms with Gasteiger partial charge in [0.25, 0.3) is 0 Å². The lowest BCUT2D eigenvalue weighted by Gasteiger charge is -2.24. The van der Waals surface area contributed by atoms with Crippen molar-refractivity contribution in [3.05, 3.63) is 0 Å². The van der Waals surface area contributed by atoms with Crippen LogP contribution in [0.25, 0.3) is 0 Å². The van der Waals surface area contributed by atoms with E-state index in [0.29, 0.717) is 0 Å². The third-order valence-corrected chi connectivity index (χ3v) is 1.88. The molecule has 4 atom stereocenters. The van der Waals surface area contributed by atoms with Crippen molar-refractivity contribution in [1.82, 2.24) is 0 Å². The zero-order valence-corrected chi connectivity index (χ0v) is 7.02. The molecule has 0 spiro atoms. The van der Waals surface area contributed by atoms with Gasteiger partial charge in [0.2, 0.25) is 0 Å². The molecule has 6 N–H and O–H groups in total. The first-order chi connectivity index (χ1) is 6.42. The molecule has 1 heterocycles. The van der Waals surface area contributed by atoms with E-state index in [1.165, 1.54) is 0 Å². The van der Waals surface area contributed by atoms with Crippen molar-refractivity contribution in [1.29, 1.82) is 0 Å². The second-order valence-corrected chi connectivity index (χ2v) is 2.97. The fourth-order valence-corrected chi connectivity index (χ4v) is 0.879. The molecule has 1 rings (SSSR count). The van der Waals surface area contributed by atoms with E-state index in [1.54, 1.807) is 0 Å². The second-order valence-electron chi connectivity index (χ2n) is 2.97. The van der Waals surface area contributed by atoms with Crippen molar-refractivity contribution >= 4 is 0 Å². The first-order valence-electron chi connectivity index (χ1n) is 3.84. The summed E-state index contributed by atoms with van der Waals surface area (Å²) in [5.74, 6) is -2.35. The smallest absolute Gasteiger partial charge is 0.366 e. The first-order valence-corrected chi connectivity index (χ1v) is 3.84. The van der Waals surface area contributed by atoms with Gasteiger partial charge in [-0.25, -0.2) is 0 Å². The lowest BCUT2D eigenvalue weighted by Crippen LogP contribution is -2.51. The van der Waals surface area contributed by atoms with Crippen LogP contribution in [0.15, 0.2) is 0 Å². The fourth-order valence-electron chi connectivity index (χ4n) is 0.879. The lowest BCUT2D eigenvalue weighted by molar-refractivity contribution is -0.176. The summed E-state index contributed by atoms with van der Waals surface area (Å²) in [6.45, 7) is -0.801. The van der Waals surface area contributed by atoms with Gasteiger partial charge in [0.15, 0.2) is 6.10 Å². The Labute approximate surface area is 78.5 Å². The summed E-state index contributed by atoms with van der Waals surface area (Å²) in [7, 11) is 0. The van der Waals surface area contributed by atoms with Gasteiger partial charge in [-0.3, -0.25) is 0 Å². The molecule has 0 aromatic heterocycles. The molecule has 0 bridgehead atoms. The molecule has 0 aromatic rings. The van der Waals surface area contributed by atoms with Gasteiger partial charge >= 0.3 is 5.97 Å². The number of aliphatic hydroxyl groups is 6. The normalized spacial score (nSPS) is 27.9. The maximum Gasteiger partial charge on any atom is 0.366 e. The van der Waals surface area contributed by atoms with E-state index in [-0.39, 0.29) is 0 Å². The highest BCUT2D eigenvalue weighted by molar-refractivity contribution is 4.86. The van der Waals surface area contributed by atoms with Crippen molar-refractivity contribution in [2.45, 2.75) is 30.4 Å². The maximum atomic E-state index is 9.17. The van der Waals surface area contributed by atoms with Crippen LogP contribution in [0, 0.1) is 0 Å². The predicted octanol–water partition coefficient (Wildman–Crippen LogP) is -3.97. The predicted molar refractivity (Wildman–Crippen MR) is 38.2 cm³/mol. The molecule has 8 nitrogen and oxygen atoms in total. The fraction of sp³-hybridized carbons (Fsp3) is 1.00. The largest absolute Gasteiger partial charge is 0.394 e. The van der Waals surface area contributed by atoms with Crippen LogP contribution in [-0.2, 0) is 9.78 Å². The summed E-state index contributed by atoms with van der Waals surface area (Å²) in [6.07, 6.45) is -7.32. The quantitative estimate of drug-likeness (QED) is 0.200. The summed E-state index contributed by atoms with van der Waals surface area (Å²) in [6, 6.07) is 0. The zero-order chi connectivity index (χ0) is 10.9. The molecule has 0 unspecified atom stereocenters. The highest BCUT2D eigenvalue weighted by Gasteiger charge is 2.58. The Morgan fingerprint density at radius 3 is 1.86 bits per heavy atom. The number of aliphatic hydroxyl groups excluding tert-OH is 5. The molecular formula is C6H12O8. The van der Waals surface area contributed by atoms with Crippen LogP contribution < -0.4 is 0 Å². The average Bonchev–Trinajstić information content (AvgIpc) is 2.93. The van der Waals surface area contributed by atoms with Gasteiger partial charge in [0, 0.05) is 0 Å². The van der Waals surface area contributed by atoms with Crippen molar-refractivity contribution in [3.8, 4) is 0 Å². The molecule has 84 valence electrons. The van der Waals surface area contributed by atoms with Gasteiger partial charge in [-0.05, 0) is 0 Å². The van der Waals surface area contributed by atoms with Crippen LogP contribution in [0.5, 0.6) is 0 Å². The van der Waals surface area contributed by atoms with E-state index in [0.717, 1.165) is 0 Å². The summed E-state index contributed by atoms with van der Waals surface area (Å²) in [5.41, 5.74) is 0. The zero-order valence-electron chi connectivity index (χ0n) is 7.02. The monoisotopic (exact) mass is 212 g/mol. The van der Waals surface area contributed by atoms with Crippen molar-refractivity contribution < 1.29 is 40.4 Å². The Morgan fingerprint density at radius 1 is 1.00 bits per heavy atom. The van der Waals surface area contributed by atoms with Crippen LogP contribution in [0.4, 0.5) is 0 Å². The third-order valence-electron chi connectivity index (χ3n) is 1.88. The van der Waals surface area contributed by atoms with Gasteiger partial charge in [0.1, 0.15) is 18.3 Å². The molecule has 1 aliphatic heterocycles.